The van der Waals surface area contributed by atoms with E-state index in [9.17, 15) is 0 Å². The average Bonchev–Trinajstić information content (AvgIpc) is 2.71. The Hall–Kier alpha value is -0.500. The van der Waals surface area contributed by atoms with Crippen LogP contribution in [-0.4, -0.2) is 19.6 Å². The highest BCUT2D eigenvalue weighted by molar-refractivity contribution is 5.25. The lowest BCUT2D eigenvalue weighted by atomic mass is 10.3. The van der Waals surface area contributed by atoms with Gasteiger partial charge in [-0.3, -0.25) is 0 Å². The Morgan fingerprint density at radius 3 is 2.56 bits per heavy atom. The predicted octanol–water partition coefficient (Wildman–Crippen LogP) is 0.227. The number of allylic oxidation sites excluding steroid dienone is 1. The van der Waals surface area contributed by atoms with Crippen molar-refractivity contribution in [3.63, 3.8) is 0 Å². The summed E-state index contributed by atoms with van der Waals surface area (Å²) < 4.78 is 0. The lowest BCUT2D eigenvalue weighted by Gasteiger charge is -2.17. The highest BCUT2D eigenvalue weighted by atomic mass is 15.0. The summed E-state index contributed by atoms with van der Waals surface area (Å²) in [7, 11) is 0. The van der Waals surface area contributed by atoms with Gasteiger partial charge >= 0.3 is 0 Å². The number of nitrogens with one attached hydrogen (secondary N) is 2. The fourth-order valence-electron chi connectivity index (χ4n) is 1.19. The Morgan fingerprint density at radius 2 is 2.00 bits per heavy atom. The summed E-state index contributed by atoms with van der Waals surface area (Å²) in [6.45, 7) is 3.31. The van der Waals surface area contributed by atoms with E-state index in [-0.39, 0.29) is 0 Å². The monoisotopic (exact) mass is 124 g/mol. The third-order valence-electron chi connectivity index (χ3n) is 1.87. The fraction of sp³-hybridized carbons (Fsp3) is 0.714. The van der Waals surface area contributed by atoms with E-state index < -0.39 is 0 Å². The van der Waals surface area contributed by atoms with Crippen LogP contribution in [0.15, 0.2) is 11.3 Å². The minimum Gasteiger partial charge on any atom is -0.386 e. The van der Waals surface area contributed by atoms with Crippen molar-refractivity contribution in [3.8, 4) is 0 Å². The zero-order valence-electron chi connectivity index (χ0n) is 5.54. The Balaban J connectivity index is 2.02. The molecule has 1 aliphatic heterocycles. The van der Waals surface area contributed by atoms with Gasteiger partial charge in [-0.05, 0) is 18.4 Å². The van der Waals surface area contributed by atoms with Gasteiger partial charge in [0.1, 0.15) is 0 Å². The SMILES string of the molecule is C1CNC(=C2CC2)CN1. The van der Waals surface area contributed by atoms with Gasteiger partial charge in [0.15, 0.2) is 0 Å². The van der Waals surface area contributed by atoms with E-state index in [2.05, 4.69) is 10.6 Å². The average molecular weight is 124 g/mol. The quantitative estimate of drug-likeness (QED) is 0.483. The van der Waals surface area contributed by atoms with Crippen molar-refractivity contribution in [2.75, 3.05) is 19.6 Å². The number of rotatable bonds is 0. The molecule has 2 nitrogen and oxygen atoms in total. The van der Waals surface area contributed by atoms with E-state index in [0.717, 1.165) is 19.6 Å². The summed E-state index contributed by atoms with van der Waals surface area (Å²) in [5.74, 6) is 0. The zero-order valence-corrected chi connectivity index (χ0v) is 5.54. The molecular weight excluding hydrogens is 112 g/mol. The molecule has 0 spiro atoms. The maximum Gasteiger partial charge on any atom is 0.0354 e. The van der Waals surface area contributed by atoms with Gasteiger partial charge in [-0.25, -0.2) is 0 Å². The molecule has 1 heterocycles. The molecule has 0 amide bonds. The van der Waals surface area contributed by atoms with Gasteiger partial charge in [-0.15, -0.1) is 0 Å². The lowest BCUT2D eigenvalue weighted by molar-refractivity contribution is 0.596. The van der Waals surface area contributed by atoms with Crippen molar-refractivity contribution >= 4 is 0 Å². The summed E-state index contributed by atoms with van der Waals surface area (Å²) in [4.78, 5) is 0. The minimum atomic E-state index is 1.08. The second kappa shape index (κ2) is 2.03. The van der Waals surface area contributed by atoms with Crippen LogP contribution in [0.3, 0.4) is 0 Å². The van der Waals surface area contributed by atoms with Crippen molar-refractivity contribution in [3.05, 3.63) is 11.3 Å². The third-order valence-corrected chi connectivity index (χ3v) is 1.87. The first-order valence-corrected chi connectivity index (χ1v) is 3.62. The first-order valence-electron chi connectivity index (χ1n) is 3.62. The Labute approximate surface area is 55.3 Å². The molecule has 0 aromatic heterocycles. The van der Waals surface area contributed by atoms with Crippen molar-refractivity contribution < 1.29 is 0 Å². The molecule has 2 rings (SSSR count). The van der Waals surface area contributed by atoms with Gasteiger partial charge in [-0.1, -0.05) is 0 Å². The van der Waals surface area contributed by atoms with Crippen molar-refractivity contribution in [2.45, 2.75) is 12.8 Å². The highest BCUT2D eigenvalue weighted by Crippen LogP contribution is 2.30. The molecule has 1 aliphatic carbocycles. The second-order valence-corrected chi connectivity index (χ2v) is 2.69. The van der Waals surface area contributed by atoms with Crippen LogP contribution in [0.4, 0.5) is 0 Å². The first kappa shape index (κ1) is 5.30. The lowest BCUT2D eigenvalue weighted by Crippen LogP contribution is -2.38. The van der Waals surface area contributed by atoms with Crippen LogP contribution in [0.1, 0.15) is 12.8 Å². The Kier molecular flexibility index (Phi) is 1.19. The predicted molar refractivity (Wildman–Crippen MR) is 37.1 cm³/mol. The van der Waals surface area contributed by atoms with E-state index in [1.54, 1.807) is 5.57 Å². The van der Waals surface area contributed by atoms with Crippen molar-refractivity contribution in [1.29, 1.82) is 0 Å². The largest absolute Gasteiger partial charge is 0.386 e. The minimum absolute atomic E-state index is 1.08. The molecule has 0 aromatic carbocycles. The fourth-order valence-corrected chi connectivity index (χ4v) is 1.19. The molecule has 2 fully saturated rings. The van der Waals surface area contributed by atoms with Gasteiger partial charge in [-0.2, -0.15) is 0 Å². The van der Waals surface area contributed by atoms with Gasteiger partial charge in [0.25, 0.3) is 0 Å². The van der Waals surface area contributed by atoms with E-state index in [0.29, 0.717) is 0 Å². The number of hydrogen-bond donors (Lipinski definition) is 2. The topological polar surface area (TPSA) is 24.1 Å². The van der Waals surface area contributed by atoms with Crippen LogP contribution in [0.2, 0.25) is 0 Å². The molecule has 0 unspecified atom stereocenters. The molecule has 9 heavy (non-hydrogen) atoms. The summed E-state index contributed by atoms with van der Waals surface area (Å²) >= 11 is 0. The maximum absolute atomic E-state index is 3.40. The molecule has 0 aromatic rings. The van der Waals surface area contributed by atoms with Gasteiger partial charge in [0.05, 0.1) is 0 Å². The van der Waals surface area contributed by atoms with Crippen LogP contribution in [0.25, 0.3) is 0 Å². The zero-order chi connectivity index (χ0) is 6.10. The normalized spacial score (nSPS) is 25.8. The van der Waals surface area contributed by atoms with E-state index >= 15 is 0 Å². The van der Waals surface area contributed by atoms with E-state index in [4.69, 9.17) is 0 Å². The second-order valence-electron chi connectivity index (χ2n) is 2.69. The number of hydrogen-bond acceptors (Lipinski definition) is 2. The summed E-state index contributed by atoms with van der Waals surface area (Å²) in [5.41, 5.74) is 3.11. The van der Waals surface area contributed by atoms with E-state index in [1.807, 2.05) is 0 Å². The molecule has 2 aliphatic rings. The maximum atomic E-state index is 3.40. The van der Waals surface area contributed by atoms with Gasteiger partial charge < -0.3 is 10.6 Å². The smallest absolute Gasteiger partial charge is 0.0354 e. The summed E-state index contributed by atoms with van der Waals surface area (Å²) in [5, 5.41) is 6.73. The Morgan fingerprint density at radius 1 is 1.11 bits per heavy atom. The van der Waals surface area contributed by atoms with Crippen molar-refractivity contribution in [1.82, 2.24) is 10.6 Å². The van der Waals surface area contributed by atoms with Crippen LogP contribution < -0.4 is 10.6 Å². The molecule has 0 bridgehead atoms. The van der Waals surface area contributed by atoms with E-state index in [1.165, 1.54) is 18.5 Å². The van der Waals surface area contributed by atoms with Gasteiger partial charge in [0, 0.05) is 25.3 Å². The standard InChI is InChI=1S/C7H12N2/c1-2-6(1)7-5-8-3-4-9-7/h8-9H,1-5H2. The molecule has 0 atom stereocenters. The van der Waals surface area contributed by atoms with Crippen LogP contribution >= 0.6 is 0 Å². The molecule has 1 saturated heterocycles. The first-order chi connectivity index (χ1) is 4.47. The summed E-state index contributed by atoms with van der Waals surface area (Å²) in [6.07, 6.45) is 2.67. The van der Waals surface area contributed by atoms with Crippen molar-refractivity contribution in [2.24, 2.45) is 0 Å². The van der Waals surface area contributed by atoms with Crippen LogP contribution in [0, 0.1) is 0 Å². The summed E-state index contributed by atoms with van der Waals surface area (Å²) in [6, 6.07) is 0. The van der Waals surface area contributed by atoms with Crippen LogP contribution in [-0.2, 0) is 0 Å². The number of piperazine rings is 1. The molecule has 2 heteroatoms. The van der Waals surface area contributed by atoms with Crippen LogP contribution in [0.5, 0.6) is 0 Å². The molecular formula is C7H12N2. The third kappa shape index (κ3) is 1.08. The molecule has 50 valence electrons. The Bertz CT molecular complexity index is 135. The molecule has 1 saturated carbocycles. The molecule has 0 radical (unpaired) electrons. The van der Waals surface area contributed by atoms with Gasteiger partial charge in [0.2, 0.25) is 0 Å². The molecule has 2 N–H and O–H groups in total. The highest BCUT2D eigenvalue weighted by Gasteiger charge is 2.18.